The Morgan fingerprint density at radius 3 is 2.65 bits per heavy atom. The first-order valence-electron chi connectivity index (χ1n) is 7.93. The van der Waals surface area contributed by atoms with Crippen molar-refractivity contribution in [2.24, 2.45) is 11.7 Å². The quantitative estimate of drug-likeness (QED) is 0.831. The Kier molecular flexibility index (Phi) is 5.86. The van der Waals surface area contributed by atoms with E-state index in [0.717, 1.165) is 31.2 Å². The zero-order chi connectivity index (χ0) is 14.4. The second-order valence-electron chi connectivity index (χ2n) is 5.85. The topological polar surface area (TPSA) is 38.5 Å². The van der Waals surface area contributed by atoms with Crippen LogP contribution in [0.3, 0.4) is 0 Å². The summed E-state index contributed by atoms with van der Waals surface area (Å²) in [5.74, 6) is 1.81. The molecule has 1 aliphatic heterocycles. The molecule has 0 aromatic heterocycles. The first-order valence-corrected chi connectivity index (χ1v) is 7.93. The lowest BCUT2D eigenvalue weighted by Crippen LogP contribution is -2.30. The summed E-state index contributed by atoms with van der Waals surface area (Å²) in [5.41, 5.74) is 7.53. The van der Waals surface area contributed by atoms with Gasteiger partial charge in [0.1, 0.15) is 5.75 Å². The Balaban J connectivity index is 1.84. The van der Waals surface area contributed by atoms with E-state index in [1.807, 2.05) is 12.1 Å². The number of hydrogen-bond acceptors (Lipinski definition) is 3. The largest absolute Gasteiger partial charge is 0.494 e. The third-order valence-corrected chi connectivity index (χ3v) is 4.18. The molecule has 3 heteroatoms. The van der Waals surface area contributed by atoms with Crippen molar-refractivity contribution in [3.63, 3.8) is 0 Å². The Morgan fingerprint density at radius 1 is 1.30 bits per heavy atom. The molecule has 0 amide bonds. The minimum atomic E-state index is 0.103. The predicted octanol–water partition coefficient (Wildman–Crippen LogP) is 3.21. The van der Waals surface area contributed by atoms with Crippen molar-refractivity contribution < 1.29 is 4.74 Å². The molecule has 2 N–H and O–H groups in total. The fourth-order valence-electron chi connectivity index (χ4n) is 2.83. The van der Waals surface area contributed by atoms with E-state index in [4.69, 9.17) is 10.5 Å². The lowest BCUT2D eigenvalue weighted by Gasteiger charge is -2.21. The number of ether oxygens (including phenoxy) is 1. The minimum absolute atomic E-state index is 0.103. The predicted molar refractivity (Wildman–Crippen MR) is 84.0 cm³/mol. The molecule has 112 valence electrons. The van der Waals surface area contributed by atoms with Crippen LogP contribution in [0.15, 0.2) is 24.3 Å². The summed E-state index contributed by atoms with van der Waals surface area (Å²) in [6, 6.07) is 8.37. The normalized spacial score (nSPS) is 21.1. The van der Waals surface area contributed by atoms with Crippen LogP contribution in [0.4, 0.5) is 0 Å². The molecule has 0 saturated carbocycles. The molecule has 0 bridgehead atoms. The van der Waals surface area contributed by atoms with Crippen molar-refractivity contribution in [3.05, 3.63) is 29.8 Å². The highest BCUT2D eigenvalue weighted by molar-refractivity contribution is 5.29. The minimum Gasteiger partial charge on any atom is -0.494 e. The van der Waals surface area contributed by atoms with Gasteiger partial charge in [0, 0.05) is 19.1 Å². The molecule has 2 atom stereocenters. The standard InChI is InChI=1S/C17H28N2O/c1-3-11-20-16-7-5-15(6-8-16)17(18)13-19-10-9-14(4-2)12-19/h5-8,14,17H,3-4,9-13,18H2,1-2H3. The van der Waals surface area contributed by atoms with Gasteiger partial charge in [-0.3, -0.25) is 0 Å². The van der Waals surface area contributed by atoms with Crippen LogP contribution in [0.25, 0.3) is 0 Å². The van der Waals surface area contributed by atoms with Crippen LogP contribution < -0.4 is 10.5 Å². The van der Waals surface area contributed by atoms with E-state index in [1.54, 1.807) is 0 Å². The lowest BCUT2D eigenvalue weighted by molar-refractivity contribution is 0.301. The van der Waals surface area contributed by atoms with E-state index in [0.29, 0.717) is 0 Å². The molecule has 0 radical (unpaired) electrons. The van der Waals surface area contributed by atoms with Gasteiger partial charge < -0.3 is 15.4 Å². The third kappa shape index (κ3) is 4.22. The Labute approximate surface area is 123 Å². The highest BCUT2D eigenvalue weighted by Crippen LogP contribution is 2.22. The Bertz CT molecular complexity index is 390. The van der Waals surface area contributed by atoms with Crippen molar-refractivity contribution >= 4 is 0 Å². The average molecular weight is 276 g/mol. The molecule has 0 spiro atoms. The summed E-state index contributed by atoms with van der Waals surface area (Å²) in [7, 11) is 0. The summed E-state index contributed by atoms with van der Waals surface area (Å²) in [4.78, 5) is 2.50. The van der Waals surface area contributed by atoms with Gasteiger partial charge in [0.15, 0.2) is 0 Å². The van der Waals surface area contributed by atoms with Gasteiger partial charge in [-0.1, -0.05) is 32.4 Å². The van der Waals surface area contributed by atoms with E-state index in [9.17, 15) is 0 Å². The van der Waals surface area contributed by atoms with Crippen LogP contribution in [0.2, 0.25) is 0 Å². The molecule has 0 aliphatic carbocycles. The number of benzene rings is 1. The van der Waals surface area contributed by atoms with Crippen LogP contribution in [0, 0.1) is 5.92 Å². The van der Waals surface area contributed by atoms with Crippen LogP contribution in [-0.4, -0.2) is 31.1 Å². The van der Waals surface area contributed by atoms with E-state index >= 15 is 0 Å². The van der Waals surface area contributed by atoms with E-state index < -0.39 is 0 Å². The molecule has 1 heterocycles. The number of nitrogens with two attached hydrogens (primary N) is 1. The molecule has 1 aliphatic rings. The monoisotopic (exact) mass is 276 g/mol. The fourth-order valence-corrected chi connectivity index (χ4v) is 2.83. The molecule has 2 unspecified atom stereocenters. The molecular formula is C17H28N2O. The van der Waals surface area contributed by atoms with E-state index in [-0.39, 0.29) is 6.04 Å². The Hall–Kier alpha value is -1.06. The molecule has 1 aromatic rings. The van der Waals surface area contributed by atoms with Crippen molar-refractivity contribution in [3.8, 4) is 5.75 Å². The molecule has 1 fully saturated rings. The summed E-state index contributed by atoms with van der Waals surface area (Å²) in [5, 5.41) is 0. The lowest BCUT2D eigenvalue weighted by atomic mass is 10.1. The van der Waals surface area contributed by atoms with Crippen LogP contribution in [-0.2, 0) is 0 Å². The van der Waals surface area contributed by atoms with Gasteiger partial charge in [0.05, 0.1) is 6.61 Å². The van der Waals surface area contributed by atoms with Gasteiger partial charge in [-0.05, 0) is 43.0 Å². The van der Waals surface area contributed by atoms with Crippen LogP contribution in [0.1, 0.15) is 44.7 Å². The zero-order valence-electron chi connectivity index (χ0n) is 12.8. The second-order valence-corrected chi connectivity index (χ2v) is 5.85. The fraction of sp³-hybridized carbons (Fsp3) is 0.647. The van der Waals surface area contributed by atoms with Crippen molar-refractivity contribution in [1.29, 1.82) is 0 Å². The van der Waals surface area contributed by atoms with Gasteiger partial charge in [-0.25, -0.2) is 0 Å². The van der Waals surface area contributed by atoms with Gasteiger partial charge in [0.2, 0.25) is 0 Å². The van der Waals surface area contributed by atoms with E-state index in [2.05, 4.69) is 30.9 Å². The smallest absolute Gasteiger partial charge is 0.119 e. The summed E-state index contributed by atoms with van der Waals surface area (Å²) in [6.45, 7) is 8.54. The summed E-state index contributed by atoms with van der Waals surface area (Å²) < 4.78 is 5.60. The van der Waals surface area contributed by atoms with Crippen LogP contribution >= 0.6 is 0 Å². The van der Waals surface area contributed by atoms with Crippen molar-refractivity contribution in [1.82, 2.24) is 4.90 Å². The number of hydrogen-bond donors (Lipinski definition) is 1. The van der Waals surface area contributed by atoms with Gasteiger partial charge in [-0.15, -0.1) is 0 Å². The number of nitrogens with zero attached hydrogens (tertiary/aromatic N) is 1. The molecule has 1 aromatic carbocycles. The molecule has 2 rings (SSSR count). The first kappa shape index (κ1) is 15.3. The van der Waals surface area contributed by atoms with Crippen LogP contribution in [0.5, 0.6) is 5.75 Å². The maximum Gasteiger partial charge on any atom is 0.119 e. The summed E-state index contributed by atoms with van der Waals surface area (Å²) in [6.07, 6.45) is 3.65. The maximum atomic E-state index is 6.33. The van der Waals surface area contributed by atoms with Crippen molar-refractivity contribution in [2.45, 2.75) is 39.2 Å². The zero-order valence-corrected chi connectivity index (χ0v) is 12.8. The molecule has 20 heavy (non-hydrogen) atoms. The average Bonchev–Trinajstić information content (AvgIpc) is 2.93. The highest BCUT2D eigenvalue weighted by atomic mass is 16.5. The first-order chi connectivity index (χ1) is 9.72. The molecule has 3 nitrogen and oxygen atoms in total. The van der Waals surface area contributed by atoms with Gasteiger partial charge >= 0.3 is 0 Å². The number of rotatable bonds is 7. The third-order valence-electron chi connectivity index (χ3n) is 4.18. The van der Waals surface area contributed by atoms with Gasteiger partial charge in [0.25, 0.3) is 0 Å². The maximum absolute atomic E-state index is 6.33. The molecule has 1 saturated heterocycles. The van der Waals surface area contributed by atoms with Gasteiger partial charge in [-0.2, -0.15) is 0 Å². The second kappa shape index (κ2) is 7.65. The summed E-state index contributed by atoms with van der Waals surface area (Å²) >= 11 is 0. The van der Waals surface area contributed by atoms with E-state index in [1.165, 1.54) is 31.5 Å². The number of likely N-dealkylation sites (tertiary alicyclic amines) is 1. The molecular weight excluding hydrogens is 248 g/mol. The Morgan fingerprint density at radius 2 is 2.05 bits per heavy atom. The SMILES string of the molecule is CCCOc1ccc(C(N)CN2CCC(CC)C2)cc1. The highest BCUT2D eigenvalue weighted by Gasteiger charge is 2.22. The van der Waals surface area contributed by atoms with Crippen molar-refractivity contribution in [2.75, 3.05) is 26.2 Å².